The van der Waals surface area contributed by atoms with E-state index < -0.39 is 0 Å². The second kappa shape index (κ2) is 8.25. The zero-order chi connectivity index (χ0) is 20.3. The average molecular weight is 382 g/mol. The molecule has 0 radical (unpaired) electrons. The predicted molar refractivity (Wildman–Crippen MR) is 110 cm³/mol. The fraction of sp³-hybridized carbons (Fsp3) is 0.318. The molecule has 0 spiro atoms. The average Bonchev–Trinajstić information content (AvgIpc) is 3.04. The van der Waals surface area contributed by atoms with Crippen LogP contribution < -0.4 is 19.8 Å². The third-order valence-corrected chi connectivity index (χ3v) is 4.76. The second-order valence-electron chi connectivity index (χ2n) is 6.81. The van der Waals surface area contributed by atoms with Gasteiger partial charge >= 0.3 is 0 Å². The summed E-state index contributed by atoms with van der Waals surface area (Å²) in [6.45, 7) is 4.08. The zero-order valence-corrected chi connectivity index (χ0v) is 16.9. The first-order chi connectivity index (χ1) is 13.5. The van der Waals surface area contributed by atoms with Gasteiger partial charge < -0.3 is 14.2 Å². The third-order valence-electron chi connectivity index (χ3n) is 4.76. The minimum absolute atomic E-state index is 0.0996. The van der Waals surface area contributed by atoms with E-state index in [2.05, 4.69) is 5.10 Å². The van der Waals surface area contributed by atoms with Crippen molar-refractivity contribution in [1.82, 2.24) is 9.78 Å². The van der Waals surface area contributed by atoms with Crippen LogP contribution in [0.4, 0.5) is 0 Å². The fourth-order valence-electron chi connectivity index (χ4n) is 3.29. The highest BCUT2D eigenvalue weighted by molar-refractivity contribution is 5.65. The van der Waals surface area contributed by atoms with E-state index in [4.69, 9.17) is 14.2 Å². The first kappa shape index (κ1) is 19.6. The number of benzene rings is 2. The Kier molecular flexibility index (Phi) is 5.78. The van der Waals surface area contributed by atoms with Gasteiger partial charge in [0.15, 0.2) is 0 Å². The van der Waals surface area contributed by atoms with Gasteiger partial charge in [0.05, 0.1) is 27.0 Å². The van der Waals surface area contributed by atoms with Crippen molar-refractivity contribution < 1.29 is 14.2 Å². The number of aromatic amines is 1. The van der Waals surface area contributed by atoms with Gasteiger partial charge in [0, 0.05) is 29.7 Å². The summed E-state index contributed by atoms with van der Waals surface area (Å²) in [4.78, 5) is 12.8. The highest BCUT2D eigenvalue weighted by Gasteiger charge is 2.20. The van der Waals surface area contributed by atoms with Gasteiger partial charge in [-0.1, -0.05) is 6.07 Å². The number of nitrogens with one attached hydrogen (secondary N) is 1. The molecular formula is C22H26N2O4. The lowest BCUT2D eigenvalue weighted by Gasteiger charge is -2.15. The lowest BCUT2D eigenvalue weighted by molar-refractivity contribution is 0.391. The van der Waals surface area contributed by atoms with Crippen molar-refractivity contribution in [1.29, 1.82) is 0 Å². The molecule has 148 valence electrons. The monoisotopic (exact) mass is 382 g/mol. The number of hydrogen-bond donors (Lipinski definition) is 1. The van der Waals surface area contributed by atoms with Gasteiger partial charge in [0.1, 0.15) is 17.2 Å². The van der Waals surface area contributed by atoms with Gasteiger partial charge in [-0.05, 0) is 49.7 Å². The molecule has 6 nitrogen and oxygen atoms in total. The molecule has 0 aliphatic rings. The van der Waals surface area contributed by atoms with Crippen molar-refractivity contribution in [2.24, 2.45) is 0 Å². The first-order valence-corrected chi connectivity index (χ1v) is 9.17. The van der Waals surface area contributed by atoms with Crippen molar-refractivity contribution in [2.75, 3.05) is 21.3 Å². The third kappa shape index (κ3) is 3.76. The molecule has 0 fully saturated rings. The van der Waals surface area contributed by atoms with Crippen LogP contribution in [0, 0.1) is 0 Å². The highest BCUT2D eigenvalue weighted by Crippen LogP contribution is 2.31. The summed E-state index contributed by atoms with van der Waals surface area (Å²) >= 11 is 0. The minimum Gasteiger partial charge on any atom is -0.497 e. The number of hydrogen-bond acceptors (Lipinski definition) is 4. The van der Waals surface area contributed by atoms with E-state index in [0.717, 1.165) is 22.6 Å². The van der Waals surface area contributed by atoms with Gasteiger partial charge in [-0.15, -0.1) is 0 Å². The van der Waals surface area contributed by atoms with Gasteiger partial charge in [0.25, 0.3) is 5.56 Å². The van der Waals surface area contributed by atoms with Gasteiger partial charge in [0.2, 0.25) is 0 Å². The van der Waals surface area contributed by atoms with Crippen molar-refractivity contribution in [2.45, 2.75) is 26.3 Å². The number of rotatable bonds is 7. The molecule has 0 saturated carbocycles. The number of ether oxygens (including phenoxy) is 3. The van der Waals surface area contributed by atoms with Crippen molar-refractivity contribution in [3.8, 4) is 28.5 Å². The number of H-pyrrole nitrogens is 1. The summed E-state index contributed by atoms with van der Waals surface area (Å²) in [5.41, 5.74) is 3.35. The molecule has 0 unspecified atom stereocenters. The van der Waals surface area contributed by atoms with Crippen LogP contribution in [0.25, 0.3) is 11.3 Å². The van der Waals surface area contributed by atoms with Gasteiger partial charge in [-0.3, -0.25) is 14.6 Å². The van der Waals surface area contributed by atoms with E-state index in [1.807, 2.05) is 61.0 Å². The number of methoxy groups -OCH3 is 3. The predicted octanol–water partition coefficient (Wildman–Crippen LogP) is 4.04. The number of aromatic nitrogens is 2. The van der Waals surface area contributed by atoms with E-state index in [9.17, 15) is 4.79 Å². The van der Waals surface area contributed by atoms with Crippen LogP contribution in [0.1, 0.15) is 31.0 Å². The van der Waals surface area contributed by atoms with Crippen LogP contribution in [-0.4, -0.2) is 31.1 Å². The van der Waals surface area contributed by atoms with Crippen LogP contribution in [0.2, 0.25) is 0 Å². The van der Waals surface area contributed by atoms with Gasteiger partial charge in [-0.25, -0.2) is 0 Å². The summed E-state index contributed by atoms with van der Waals surface area (Å²) in [6.07, 6.45) is 0.448. The molecule has 0 atom stereocenters. The molecule has 1 N–H and O–H groups in total. The van der Waals surface area contributed by atoms with Crippen molar-refractivity contribution >= 4 is 0 Å². The van der Waals surface area contributed by atoms with Crippen molar-refractivity contribution in [3.05, 3.63) is 63.9 Å². The lowest BCUT2D eigenvalue weighted by atomic mass is 10.00. The summed E-state index contributed by atoms with van der Waals surface area (Å²) in [5, 5.41) is 2.98. The molecule has 2 aromatic carbocycles. The fourth-order valence-corrected chi connectivity index (χ4v) is 3.29. The molecule has 3 aromatic rings. The van der Waals surface area contributed by atoms with Crippen LogP contribution >= 0.6 is 0 Å². The smallest absolute Gasteiger partial charge is 0.268 e. The summed E-state index contributed by atoms with van der Waals surface area (Å²) in [6, 6.07) is 13.5. The molecule has 0 aliphatic carbocycles. The van der Waals surface area contributed by atoms with Crippen LogP contribution in [0.3, 0.4) is 0 Å². The summed E-state index contributed by atoms with van der Waals surface area (Å²) < 4.78 is 18.0. The Morgan fingerprint density at radius 3 is 2.14 bits per heavy atom. The topological polar surface area (TPSA) is 65.5 Å². The second-order valence-corrected chi connectivity index (χ2v) is 6.81. The van der Waals surface area contributed by atoms with Crippen LogP contribution in [0.5, 0.6) is 17.2 Å². The quantitative estimate of drug-likeness (QED) is 0.670. The highest BCUT2D eigenvalue weighted by atomic mass is 16.5. The Hall–Kier alpha value is -3.15. The Balaban J connectivity index is 2.12. The minimum atomic E-state index is -0.0996. The molecule has 28 heavy (non-hydrogen) atoms. The van der Waals surface area contributed by atoms with E-state index in [-0.39, 0.29) is 11.6 Å². The Bertz CT molecular complexity index is 1000. The molecular weight excluding hydrogens is 356 g/mol. The van der Waals surface area contributed by atoms with E-state index in [1.165, 1.54) is 0 Å². The largest absolute Gasteiger partial charge is 0.497 e. The Morgan fingerprint density at radius 1 is 0.929 bits per heavy atom. The van der Waals surface area contributed by atoms with E-state index >= 15 is 0 Å². The van der Waals surface area contributed by atoms with Crippen LogP contribution in [0.15, 0.2) is 47.3 Å². The van der Waals surface area contributed by atoms with E-state index in [0.29, 0.717) is 23.5 Å². The molecule has 1 aromatic heterocycles. The zero-order valence-electron chi connectivity index (χ0n) is 16.9. The molecule has 0 bridgehead atoms. The SMILES string of the molecule is COc1ccc(-c2c(Cc3ccc(OC)cc3OC)c(=O)[nH]n2C(C)C)cc1. The summed E-state index contributed by atoms with van der Waals surface area (Å²) in [7, 11) is 4.87. The maximum absolute atomic E-state index is 12.8. The standard InChI is InChI=1S/C22H26N2O4/c1-14(2)24-21(15-6-9-17(26-3)10-7-15)19(22(25)23-24)12-16-8-11-18(27-4)13-20(16)28-5/h6-11,13-14H,12H2,1-5H3,(H,23,25). The molecule has 1 heterocycles. The maximum Gasteiger partial charge on any atom is 0.268 e. The first-order valence-electron chi connectivity index (χ1n) is 9.17. The lowest BCUT2D eigenvalue weighted by Crippen LogP contribution is -2.09. The Labute approximate surface area is 164 Å². The number of nitrogens with zero attached hydrogens (tertiary/aromatic N) is 1. The summed E-state index contributed by atoms with van der Waals surface area (Å²) in [5.74, 6) is 2.18. The maximum atomic E-state index is 12.8. The normalized spacial score (nSPS) is 10.9. The van der Waals surface area contributed by atoms with Gasteiger partial charge in [-0.2, -0.15) is 0 Å². The Morgan fingerprint density at radius 2 is 1.57 bits per heavy atom. The molecule has 6 heteroatoms. The van der Waals surface area contributed by atoms with E-state index in [1.54, 1.807) is 21.3 Å². The van der Waals surface area contributed by atoms with Crippen molar-refractivity contribution in [3.63, 3.8) is 0 Å². The molecule has 0 amide bonds. The molecule has 3 rings (SSSR count). The van der Waals surface area contributed by atoms with Crippen LogP contribution in [-0.2, 0) is 6.42 Å². The molecule has 0 saturated heterocycles. The molecule has 0 aliphatic heterocycles.